The van der Waals surface area contributed by atoms with Crippen molar-refractivity contribution >= 4 is 46.0 Å². The van der Waals surface area contributed by atoms with Crippen molar-refractivity contribution in [3.63, 3.8) is 0 Å². The van der Waals surface area contributed by atoms with Crippen molar-refractivity contribution in [2.45, 2.75) is 0 Å². The van der Waals surface area contributed by atoms with E-state index in [9.17, 15) is 14.9 Å². The molecule has 2 heterocycles. The molecule has 1 aliphatic heterocycles. The van der Waals surface area contributed by atoms with Gasteiger partial charge in [-0.3, -0.25) is 14.9 Å². The number of thioether (sulfide) groups is 1. The zero-order chi connectivity index (χ0) is 15.7. The maximum atomic E-state index is 11.7. The molecule has 110 valence electrons. The Hall–Kier alpha value is -2.45. The molecule has 1 N–H and O–H groups in total. The van der Waals surface area contributed by atoms with Gasteiger partial charge in [-0.05, 0) is 30.3 Å². The Morgan fingerprint density at radius 1 is 1.27 bits per heavy atom. The number of aromatic nitrogens is 1. The Labute approximate surface area is 135 Å². The van der Waals surface area contributed by atoms with Crippen molar-refractivity contribution in [2.24, 2.45) is 0 Å². The van der Waals surface area contributed by atoms with E-state index in [2.05, 4.69) is 5.32 Å². The molecule has 0 atom stereocenters. The number of nitro benzene ring substituents is 1. The predicted octanol–water partition coefficient (Wildman–Crippen LogP) is 2.87. The van der Waals surface area contributed by atoms with E-state index in [1.807, 2.05) is 22.9 Å². The third-order valence-electron chi connectivity index (χ3n) is 3.04. The number of carbonyl (C=O) groups excluding carboxylic acids is 1. The molecule has 0 aliphatic carbocycles. The molecule has 0 bridgehead atoms. The van der Waals surface area contributed by atoms with Gasteiger partial charge in [-0.15, -0.1) is 0 Å². The van der Waals surface area contributed by atoms with Gasteiger partial charge in [0, 0.05) is 29.7 Å². The first-order chi connectivity index (χ1) is 10.5. The fourth-order valence-electron chi connectivity index (χ4n) is 2.04. The fourth-order valence-corrected chi connectivity index (χ4v) is 3.07. The first kappa shape index (κ1) is 14.5. The number of thiocarbonyl (C=S) groups is 1. The van der Waals surface area contributed by atoms with Crippen molar-refractivity contribution < 1.29 is 9.72 Å². The molecule has 1 aliphatic rings. The number of benzene rings is 1. The minimum absolute atomic E-state index is 0.0342. The maximum absolute atomic E-state index is 11.7. The number of nitro groups is 1. The van der Waals surface area contributed by atoms with Crippen LogP contribution in [0.5, 0.6) is 0 Å². The van der Waals surface area contributed by atoms with Gasteiger partial charge in [-0.25, -0.2) is 0 Å². The van der Waals surface area contributed by atoms with Gasteiger partial charge in [0.05, 0.1) is 9.83 Å². The molecule has 1 saturated heterocycles. The van der Waals surface area contributed by atoms with Crippen LogP contribution in [0.3, 0.4) is 0 Å². The van der Waals surface area contributed by atoms with Crippen LogP contribution in [-0.4, -0.2) is 19.7 Å². The van der Waals surface area contributed by atoms with E-state index in [0.29, 0.717) is 9.23 Å². The van der Waals surface area contributed by atoms with Crippen LogP contribution in [0.1, 0.15) is 5.69 Å². The van der Waals surface area contributed by atoms with Gasteiger partial charge >= 0.3 is 0 Å². The molecule has 0 radical (unpaired) electrons. The van der Waals surface area contributed by atoms with Gasteiger partial charge in [0.25, 0.3) is 11.6 Å². The molecule has 6 nitrogen and oxygen atoms in total. The first-order valence-electron chi connectivity index (χ1n) is 6.21. The number of nitrogens with one attached hydrogen (secondary N) is 1. The van der Waals surface area contributed by atoms with Crippen molar-refractivity contribution in [3.05, 3.63) is 63.3 Å². The normalized spacial score (nSPS) is 16.1. The summed E-state index contributed by atoms with van der Waals surface area (Å²) in [6.45, 7) is 0. The van der Waals surface area contributed by atoms with Gasteiger partial charge in [-0.1, -0.05) is 24.0 Å². The molecule has 3 rings (SSSR count). The second-order valence-electron chi connectivity index (χ2n) is 4.43. The lowest BCUT2D eigenvalue weighted by Gasteiger charge is -2.06. The molecule has 1 aromatic heterocycles. The number of hydrogen-bond donors (Lipinski definition) is 1. The SMILES string of the molecule is O=C1NC(=S)S/C1=C\c1cccn1-c1ccc([N+](=O)[O-])cc1. The van der Waals surface area contributed by atoms with Crippen LogP contribution >= 0.6 is 24.0 Å². The summed E-state index contributed by atoms with van der Waals surface area (Å²) in [5.41, 5.74) is 1.59. The summed E-state index contributed by atoms with van der Waals surface area (Å²) in [4.78, 5) is 22.5. The van der Waals surface area contributed by atoms with Crippen molar-refractivity contribution in [1.29, 1.82) is 0 Å². The number of carbonyl (C=O) groups is 1. The summed E-state index contributed by atoms with van der Waals surface area (Å²) in [7, 11) is 0. The topological polar surface area (TPSA) is 77.2 Å². The lowest BCUT2D eigenvalue weighted by atomic mass is 10.2. The molecule has 22 heavy (non-hydrogen) atoms. The number of amides is 1. The van der Waals surface area contributed by atoms with Gasteiger partial charge in [0.15, 0.2) is 0 Å². The average Bonchev–Trinajstić information content (AvgIpc) is 3.06. The van der Waals surface area contributed by atoms with E-state index >= 15 is 0 Å². The van der Waals surface area contributed by atoms with E-state index in [1.54, 1.807) is 18.2 Å². The van der Waals surface area contributed by atoms with Gasteiger partial charge in [0.2, 0.25) is 0 Å². The smallest absolute Gasteiger partial charge is 0.269 e. The Morgan fingerprint density at radius 3 is 2.59 bits per heavy atom. The van der Waals surface area contributed by atoms with Crippen LogP contribution in [-0.2, 0) is 4.79 Å². The monoisotopic (exact) mass is 331 g/mol. The lowest BCUT2D eigenvalue weighted by Crippen LogP contribution is -2.17. The summed E-state index contributed by atoms with van der Waals surface area (Å²) in [5.74, 6) is -0.216. The van der Waals surface area contributed by atoms with Crippen molar-refractivity contribution in [2.75, 3.05) is 0 Å². The lowest BCUT2D eigenvalue weighted by molar-refractivity contribution is -0.384. The summed E-state index contributed by atoms with van der Waals surface area (Å²) in [6.07, 6.45) is 3.56. The summed E-state index contributed by atoms with van der Waals surface area (Å²) in [6, 6.07) is 9.89. The molecule has 8 heteroatoms. The third-order valence-corrected chi connectivity index (χ3v) is 4.20. The Balaban J connectivity index is 1.95. The minimum Gasteiger partial charge on any atom is -0.317 e. The number of non-ortho nitro benzene ring substituents is 1. The Kier molecular flexibility index (Phi) is 3.78. The molecule has 0 unspecified atom stereocenters. The third kappa shape index (κ3) is 2.78. The predicted molar refractivity (Wildman–Crippen MR) is 88.7 cm³/mol. The second-order valence-corrected chi connectivity index (χ2v) is 6.15. The van der Waals surface area contributed by atoms with Crippen LogP contribution in [0.4, 0.5) is 5.69 Å². The molecular formula is C14H9N3O3S2. The fraction of sp³-hybridized carbons (Fsp3) is 0. The number of hydrogen-bond acceptors (Lipinski definition) is 5. The van der Waals surface area contributed by atoms with Crippen LogP contribution in [0.15, 0.2) is 47.5 Å². The number of nitrogens with zero attached hydrogens (tertiary/aromatic N) is 2. The zero-order valence-electron chi connectivity index (χ0n) is 11.1. The van der Waals surface area contributed by atoms with E-state index in [0.717, 1.165) is 11.4 Å². The summed E-state index contributed by atoms with van der Waals surface area (Å²) >= 11 is 6.16. The standard InChI is InChI=1S/C14H9N3O3S2/c18-13-12(22-14(21)15-13)8-11-2-1-7-16(11)9-3-5-10(6-4-9)17(19)20/h1-8H,(H,15,18,21)/b12-8-. The van der Waals surface area contributed by atoms with Crippen LogP contribution in [0.2, 0.25) is 0 Å². The van der Waals surface area contributed by atoms with Crippen LogP contribution in [0, 0.1) is 10.1 Å². The molecule has 1 fully saturated rings. The largest absolute Gasteiger partial charge is 0.317 e. The van der Waals surface area contributed by atoms with Gasteiger partial charge < -0.3 is 9.88 Å². The van der Waals surface area contributed by atoms with Crippen LogP contribution in [0.25, 0.3) is 11.8 Å². The van der Waals surface area contributed by atoms with Crippen molar-refractivity contribution in [1.82, 2.24) is 9.88 Å². The van der Waals surface area contributed by atoms with E-state index < -0.39 is 4.92 Å². The summed E-state index contributed by atoms with van der Waals surface area (Å²) < 4.78 is 2.27. The minimum atomic E-state index is -0.442. The van der Waals surface area contributed by atoms with Gasteiger partial charge in [-0.2, -0.15) is 0 Å². The highest BCUT2D eigenvalue weighted by atomic mass is 32.2. The first-order valence-corrected chi connectivity index (χ1v) is 7.44. The molecule has 1 amide bonds. The molecule has 0 saturated carbocycles. The van der Waals surface area contributed by atoms with E-state index in [1.165, 1.54) is 23.9 Å². The van der Waals surface area contributed by atoms with E-state index in [4.69, 9.17) is 12.2 Å². The highest BCUT2D eigenvalue weighted by Crippen LogP contribution is 2.27. The summed E-state index contributed by atoms with van der Waals surface area (Å²) in [5, 5.41) is 13.3. The highest BCUT2D eigenvalue weighted by Gasteiger charge is 2.22. The molecular weight excluding hydrogens is 322 g/mol. The molecule has 0 spiro atoms. The van der Waals surface area contributed by atoms with Crippen molar-refractivity contribution in [3.8, 4) is 5.69 Å². The second kappa shape index (κ2) is 5.74. The highest BCUT2D eigenvalue weighted by molar-refractivity contribution is 8.26. The number of rotatable bonds is 3. The van der Waals surface area contributed by atoms with Gasteiger partial charge in [0.1, 0.15) is 4.32 Å². The van der Waals surface area contributed by atoms with E-state index in [-0.39, 0.29) is 11.6 Å². The Morgan fingerprint density at radius 2 is 2.00 bits per heavy atom. The van der Waals surface area contributed by atoms with Crippen LogP contribution < -0.4 is 5.32 Å². The maximum Gasteiger partial charge on any atom is 0.269 e. The molecule has 2 aromatic rings. The molecule has 1 aromatic carbocycles. The quantitative estimate of drug-likeness (QED) is 0.405. The average molecular weight is 331 g/mol. The zero-order valence-corrected chi connectivity index (χ0v) is 12.7. The Bertz CT molecular complexity index is 809.